The number of imidazole rings is 1. The van der Waals surface area contributed by atoms with E-state index in [0.29, 0.717) is 16.1 Å². The molecule has 3 rings (SSSR count). The number of aromatic nitrogens is 3. The first-order chi connectivity index (χ1) is 11.9. The van der Waals surface area contributed by atoms with Gasteiger partial charge in [-0.2, -0.15) is 4.73 Å². The van der Waals surface area contributed by atoms with Crippen LogP contribution in [0.3, 0.4) is 0 Å². The molecule has 1 saturated heterocycles. The second-order valence-corrected chi connectivity index (χ2v) is 6.17. The van der Waals surface area contributed by atoms with Crippen LogP contribution in [0.2, 0.25) is 0 Å². The molecule has 0 spiro atoms. The van der Waals surface area contributed by atoms with Crippen molar-refractivity contribution in [2.24, 2.45) is 0 Å². The van der Waals surface area contributed by atoms with Gasteiger partial charge in [0.15, 0.2) is 18.2 Å². The van der Waals surface area contributed by atoms with Crippen molar-refractivity contribution in [3.05, 3.63) is 47.8 Å². The fraction of sp³-hybridized carbons (Fsp3) is 0.438. The van der Waals surface area contributed by atoms with Gasteiger partial charge in [-0.3, -0.25) is 9.69 Å². The molecule has 1 fully saturated rings. The first-order valence-corrected chi connectivity index (χ1v) is 7.97. The molecule has 0 radical (unpaired) electrons. The summed E-state index contributed by atoms with van der Waals surface area (Å²) >= 11 is 0. The van der Waals surface area contributed by atoms with Gasteiger partial charge >= 0.3 is 0 Å². The molecule has 0 saturated carbocycles. The number of aromatic amines is 1. The van der Waals surface area contributed by atoms with E-state index in [0.717, 1.165) is 0 Å². The lowest BCUT2D eigenvalue weighted by Gasteiger charge is -2.40. The number of nitrogens with one attached hydrogen (secondary N) is 2. The number of halogens is 2. The molecule has 134 valence electrons. The smallest absolute Gasteiger partial charge is 0.257 e. The third-order valence-electron chi connectivity index (χ3n) is 4.57. The zero-order valence-electron chi connectivity index (χ0n) is 13.7. The second kappa shape index (κ2) is 6.75. The summed E-state index contributed by atoms with van der Waals surface area (Å²) in [6.45, 7) is 1.83. The number of anilines is 1. The summed E-state index contributed by atoms with van der Waals surface area (Å²) in [6.07, 6.45) is 5.05. The number of hydrogen-bond acceptors (Lipinski definition) is 4. The molecule has 1 amide bonds. The maximum atomic E-state index is 14.4. The van der Waals surface area contributed by atoms with E-state index in [1.54, 1.807) is 18.0 Å². The van der Waals surface area contributed by atoms with Crippen molar-refractivity contribution in [3.63, 3.8) is 0 Å². The fourth-order valence-corrected chi connectivity index (χ4v) is 3.01. The highest BCUT2D eigenvalue weighted by Gasteiger charge is 2.46. The molecule has 0 aliphatic carbocycles. The number of likely N-dealkylation sites (tertiary alicyclic amines) is 1. The molecule has 2 aromatic heterocycles. The summed E-state index contributed by atoms with van der Waals surface area (Å²) in [6, 6.07) is 2.23. The molecule has 2 aromatic rings. The van der Waals surface area contributed by atoms with Gasteiger partial charge < -0.3 is 15.5 Å². The second-order valence-electron chi connectivity index (χ2n) is 6.17. The van der Waals surface area contributed by atoms with Crippen molar-refractivity contribution in [2.75, 3.05) is 18.4 Å². The average Bonchev–Trinajstić information content (AvgIpc) is 3.08. The van der Waals surface area contributed by atoms with Gasteiger partial charge in [0.1, 0.15) is 0 Å². The summed E-state index contributed by atoms with van der Waals surface area (Å²) in [4.78, 5) is 20.7. The Bertz CT molecular complexity index is 721. The maximum Gasteiger partial charge on any atom is 0.257 e. The highest BCUT2D eigenvalue weighted by molar-refractivity contribution is 5.93. The fourth-order valence-electron chi connectivity index (χ4n) is 3.01. The van der Waals surface area contributed by atoms with Crippen molar-refractivity contribution in [2.45, 2.75) is 31.2 Å². The quantitative estimate of drug-likeness (QED) is 0.645. The van der Waals surface area contributed by atoms with Crippen LogP contribution in [0.25, 0.3) is 0 Å². The number of pyridine rings is 1. The minimum absolute atomic E-state index is 0.0328. The van der Waals surface area contributed by atoms with Gasteiger partial charge in [0.2, 0.25) is 5.91 Å². The third kappa shape index (κ3) is 3.76. The van der Waals surface area contributed by atoms with Gasteiger partial charge in [-0.15, -0.1) is 0 Å². The number of rotatable bonds is 4. The zero-order valence-corrected chi connectivity index (χ0v) is 13.7. The van der Waals surface area contributed by atoms with Gasteiger partial charge in [0.05, 0.1) is 18.3 Å². The Morgan fingerprint density at radius 1 is 1.52 bits per heavy atom. The van der Waals surface area contributed by atoms with Crippen LogP contribution in [-0.2, 0) is 4.79 Å². The summed E-state index contributed by atoms with van der Waals surface area (Å²) in [7, 11) is 0. The average molecular weight is 351 g/mol. The minimum Gasteiger partial charge on any atom is -0.619 e. The van der Waals surface area contributed by atoms with Crippen LogP contribution in [0.4, 0.5) is 14.6 Å². The molecule has 2 N–H and O–H groups in total. The number of nitrogens with zero attached hydrogens (tertiary/aromatic N) is 3. The Morgan fingerprint density at radius 2 is 2.24 bits per heavy atom. The molecule has 1 unspecified atom stereocenters. The number of carbonyl (C=O) groups excluding carboxylic acids is 1. The van der Waals surface area contributed by atoms with Crippen LogP contribution >= 0.6 is 0 Å². The van der Waals surface area contributed by atoms with Crippen molar-refractivity contribution in [1.29, 1.82) is 0 Å². The Kier molecular flexibility index (Phi) is 4.67. The number of piperidine rings is 1. The third-order valence-corrected chi connectivity index (χ3v) is 4.57. The lowest BCUT2D eigenvalue weighted by molar-refractivity contribution is -0.605. The minimum atomic E-state index is -2.88. The first kappa shape index (κ1) is 17.3. The molecule has 1 aliphatic heterocycles. The topological polar surface area (TPSA) is 88.0 Å². The van der Waals surface area contributed by atoms with E-state index in [1.807, 2.05) is 0 Å². The zero-order chi connectivity index (χ0) is 18.0. The number of hydrogen-bond donors (Lipinski definition) is 2. The number of H-pyrrole nitrogens is 1. The van der Waals surface area contributed by atoms with E-state index in [-0.39, 0.29) is 25.4 Å². The Labute approximate surface area is 143 Å². The molecule has 0 aromatic carbocycles. The molecular formula is C16H19F2N5O2. The molecule has 9 heteroatoms. The van der Waals surface area contributed by atoms with Crippen LogP contribution < -0.4 is 10.0 Å². The van der Waals surface area contributed by atoms with E-state index in [4.69, 9.17) is 0 Å². The number of carbonyl (C=O) groups is 1. The van der Waals surface area contributed by atoms with E-state index >= 15 is 0 Å². The molecule has 7 nitrogen and oxygen atoms in total. The van der Waals surface area contributed by atoms with Crippen LogP contribution in [0, 0.1) is 5.21 Å². The van der Waals surface area contributed by atoms with Gasteiger partial charge in [0.25, 0.3) is 5.92 Å². The normalized spacial score (nSPS) is 21.6. The largest absolute Gasteiger partial charge is 0.619 e. The maximum absolute atomic E-state index is 14.4. The van der Waals surface area contributed by atoms with E-state index in [9.17, 15) is 18.8 Å². The van der Waals surface area contributed by atoms with Crippen molar-refractivity contribution in [1.82, 2.24) is 14.9 Å². The van der Waals surface area contributed by atoms with Gasteiger partial charge in [-0.05, 0) is 12.5 Å². The summed E-state index contributed by atoms with van der Waals surface area (Å²) in [5.41, 5.74) is 0.390. The van der Waals surface area contributed by atoms with E-state index < -0.39 is 17.9 Å². The van der Waals surface area contributed by atoms with Crippen LogP contribution in [0.5, 0.6) is 0 Å². The molecular weight excluding hydrogens is 332 g/mol. The molecule has 3 heterocycles. The Hall–Kier alpha value is -2.55. The molecule has 25 heavy (non-hydrogen) atoms. The lowest BCUT2D eigenvalue weighted by Crippen LogP contribution is -2.52. The van der Waals surface area contributed by atoms with Gasteiger partial charge in [0, 0.05) is 37.8 Å². The summed E-state index contributed by atoms with van der Waals surface area (Å²) in [5, 5.41) is 13.8. The van der Waals surface area contributed by atoms with Crippen LogP contribution in [-0.4, -0.2) is 45.8 Å². The highest BCUT2D eigenvalue weighted by Crippen LogP contribution is 2.40. The summed E-state index contributed by atoms with van der Waals surface area (Å²) in [5.74, 6) is -3.87. The predicted molar refractivity (Wildman–Crippen MR) is 86.0 cm³/mol. The molecule has 0 bridgehead atoms. The van der Waals surface area contributed by atoms with Crippen LogP contribution in [0.1, 0.15) is 24.8 Å². The predicted octanol–water partition coefficient (Wildman–Crippen LogP) is 1.49. The first-order valence-electron chi connectivity index (χ1n) is 7.97. The number of amides is 1. The molecule has 2 atom stereocenters. The Balaban J connectivity index is 1.73. The van der Waals surface area contributed by atoms with E-state index in [1.165, 1.54) is 30.9 Å². The van der Waals surface area contributed by atoms with Crippen molar-refractivity contribution < 1.29 is 18.3 Å². The highest BCUT2D eigenvalue weighted by atomic mass is 19.3. The monoisotopic (exact) mass is 351 g/mol. The number of alkyl halides is 2. The SMILES string of the molecule is CC(C(=O)Nc1c[nH]cn1)N1CCC(F)(F)[C@@H](c2cc[n+]([O-])cc2)C1. The van der Waals surface area contributed by atoms with Crippen molar-refractivity contribution >= 4 is 11.7 Å². The van der Waals surface area contributed by atoms with Crippen LogP contribution in [0.15, 0.2) is 37.1 Å². The van der Waals surface area contributed by atoms with E-state index in [2.05, 4.69) is 15.3 Å². The van der Waals surface area contributed by atoms with Crippen molar-refractivity contribution in [3.8, 4) is 0 Å². The Morgan fingerprint density at radius 3 is 2.88 bits per heavy atom. The lowest BCUT2D eigenvalue weighted by atomic mass is 9.87. The van der Waals surface area contributed by atoms with Gasteiger partial charge in [-0.25, -0.2) is 13.8 Å². The standard InChI is InChI=1S/C16H19F2N5O2/c1-11(15(24)21-14-8-19-10-20-14)22-7-4-16(17,18)13(9-22)12-2-5-23(25)6-3-12/h2-3,5-6,8,10-11,13H,4,7,9H2,1H3,(H,19,20)(H,21,24)/t11?,13-/m1/s1. The van der Waals surface area contributed by atoms with Gasteiger partial charge in [-0.1, -0.05) is 0 Å². The summed E-state index contributed by atoms with van der Waals surface area (Å²) < 4.78 is 29.3. The molecule has 1 aliphatic rings.